The number of nitrogens with zero attached hydrogens (tertiary/aromatic N) is 3. The molecular formula is C12H10FN3O2. The molecule has 0 aliphatic rings. The van der Waals surface area contributed by atoms with E-state index >= 15 is 0 Å². The van der Waals surface area contributed by atoms with Crippen molar-refractivity contribution in [2.75, 3.05) is 13.7 Å². The van der Waals surface area contributed by atoms with Gasteiger partial charge >= 0.3 is 5.97 Å². The van der Waals surface area contributed by atoms with Crippen molar-refractivity contribution in [2.24, 2.45) is 5.11 Å². The number of esters is 1. The second-order valence-corrected chi connectivity index (χ2v) is 3.19. The highest BCUT2D eigenvalue weighted by Crippen LogP contribution is 2.11. The molecule has 0 N–H and O–H groups in total. The van der Waals surface area contributed by atoms with Crippen LogP contribution in [0.2, 0.25) is 0 Å². The van der Waals surface area contributed by atoms with Crippen molar-refractivity contribution in [1.29, 1.82) is 0 Å². The highest BCUT2D eigenvalue weighted by Gasteiger charge is 2.11. The number of ether oxygens (including phenoxy) is 1. The van der Waals surface area contributed by atoms with E-state index in [2.05, 4.69) is 26.6 Å². The molecule has 0 aromatic heterocycles. The van der Waals surface area contributed by atoms with Gasteiger partial charge in [0.1, 0.15) is 5.82 Å². The molecule has 1 aromatic carbocycles. The zero-order valence-electron chi connectivity index (χ0n) is 9.68. The quantitative estimate of drug-likeness (QED) is 0.205. The van der Waals surface area contributed by atoms with Crippen LogP contribution in [-0.4, -0.2) is 19.6 Å². The molecule has 0 fully saturated rings. The average Bonchev–Trinajstić information content (AvgIpc) is 2.39. The van der Waals surface area contributed by atoms with Gasteiger partial charge in [-0.15, -0.1) is 0 Å². The normalized spacial score (nSPS) is 8.78. The molecule has 0 aliphatic heterocycles. The first-order chi connectivity index (χ1) is 8.69. The summed E-state index contributed by atoms with van der Waals surface area (Å²) in [4.78, 5) is 13.8. The number of azide groups is 1. The summed E-state index contributed by atoms with van der Waals surface area (Å²) in [5, 5.41) is 3.32. The topological polar surface area (TPSA) is 75.1 Å². The van der Waals surface area contributed by atoms with Crippen molar-refractivity contribution in [3.05, 3.63) is 45.6 Å². The summed E-state index contributed by atoms with van der Waals surface area (Å²) >= 11 is 0. The van der Waals surface area contributed by atoms with Gasteiger partial charge in [-0.2, -0.15) is 0 Å². The van der Waals surface area contributed by atoms with Gasteiger partial charge in [0.2, 0.25) is 0 Å². The van der Waals surface area contributed by atoms with Gasteiger partial charge in [-0.05, 0) is 23.7 Å². The van der Waals surface area contributed by atoms with E-state index in [1.54, 1.807) is 0 Å². The molecule has 0 spiro atoms. The molecule has 0 atom stereocenters. The number of rotatable bonds is 3. The summed E-state index contributed by atoms with van der Waals surface area (Å²) < 4.78 is 17.7. The molecule has 6 heteroatoms. The fraction of sp³-hybridized carbons (Fsp3) is 0.250. The molecule has 0 saturated heterocycles. The molecule has 1 aromatic rings. The third-order valence-electron chi connectivity index (χ3n) is 2.00. The molecule has 5 nitrogen and oxygen atoms in total. The Bertz CT molecular complexity index is 554. The smallest absolute Gasteiger partial charge is 0.340 e. The van der Waals surface area contributed by atoms with Crippen LogP contribution in [0.5, 0.6) is 0 Å². The third kappa shape index (κ3) is 3.81. The second kappa shape index (κ2) is 6.94. The summed E-state index contributed by atoms with van der Waals surface area (Å²) in [5.74, 6) is 4.10. The fourth-order valence-corrected chi connectivity index (χ4v) is 1.18. The van der Waals surface area contributed by atoms with Crippen molar-refractivity contribution < 1.29 is 13.9 Å². The molecule has 0 radical (unpaired) electrons. The number of carbonyl (C=O) groups is 1. The second-order valence-electron chi connectivity index (χ2n) is 3.19. The van der Waals surface area contributed by atoms with Gasteiger partial charge in [0.25, 0.3) is 0 Å². The van der Waals surface area contributed by atoms with Crippen molar-refractivity contribution >= 4 is 5.97 Å². The van der Waals surface area contributed by atoms with Crippen LogP contribution in [0.3, 0.4) is 0 Å². The van der Waals surface area contributed by atoms with E-state index in [0.29, 0.717) is 12.0 Å². The number of benzene rings is 1. The fourth-order valence-electron chi connectivity index (χ4n) is 1.18. The van der Waals surface area contributed by atoms with Crippen LogP contribution in [-0.2, 0) is 4.74 Å². The Hall–Kier alpha value is -2.51. The van der Waals surface area contributed by atoms with Crippen molar-refractivity contribution in [3.63, 3.8) is 0 Å². The molecule has 0 aliphatic carbocycles. The SMILES string of the molecule is COC(=O)c1cc(C#CCCN=[N+]=[N-])ccc1F. The molecular weight excluding hydrogens is 237 g/mol. The first-order valence-corrected chi connectivity index (χ1v) is 5.06. The molecule has 0 heterocycles. The number of hydrogen-bond acceptors (Lipinski definition) is 3. The predicted molar refractivity (Wildman–Crippen MR) is 63.2 cm³/mol. The summed E-state index contributed by atoms with van der Waals surface area (Å²) in [7, 11) is 1.18. The van der Waals surface area contributed by atoms with E-state index in [1.165, 1.54) is 19.2 Å². The molecule has 1 rings (SSSR count). The van der Waals surface area contributed by atoms with E-state index < -0.39 is 11.8 Å². The minimum absolute atomic E-state index is 0.153. The van der Waals surface area contributed by atoms with E-state index in [1.807, 2.05) is 0 Å². The Morgan fingerprint density at radius 2 is 2.39 bits per heavy atom. The summed E-state index contributed by atoms with van der Waals surface area (Å²) in [6, 6.07) is 3.94. The maximum Gasteiger partial charge on any atom is 0.340 e. The largest absolute Gasteiger partial charge is 0.465 e. The van der Waals surface area contributed by atoms with Gasteiger partial charge < -0.3 is 4.74 Å². The van der Waals surface area contributed by atoms with Crippen molar-refractivity contribution in [2.45, 2.75) is 6.42 Å². The summed E-state index contributed by atoms with van der Waals surface area (Å²) in [5.41, 5.74) is 8.40. The lowest BCUT2D eigenvalue weighted by molar-refractivity contribution is 0.0595. The van der Waals surface area contributed by atoms with Gasteiger partial charge in [-0.25, -0.2) is 9.18 Å². The number of halogens is 1. The molecule has 0 unspecified atom stereocenters. The Morgan fingerprint density at radius 3 is 3.06 bits per heavy atom. The summed E-state index contributed by atoms with van der Waals surface area (Å²) in [6.07, 6.45) is 0.398. The highest BCUT2D eigenvalue weighted by molar-refractivity contribution is 5.90. The monoisotopic (exact) mass is 247 g/mol. The van der Waals surface area contributed by atoms with Crippen LogP contribution >= 0.6 is 0 Å². The lowest BCUT2D eigenvalue weighted by Gasteiger charge is -2.01. The lowest BCUT2D eigenvalue weighted by atomic mass is 10.1. The van der Waals surface area contributed by atoms with Crippen LogP contribution in [0.25, 0.3) is 10.4 Å². The molecule has 0 amide bonds. The standard InChI is InChI=1S/C12H10FN3O2/c1-18-12(17)10-8-9(5-6-11(10)13)4-2-3-7-15-16-14/h5-6,8H,3,7H2,1H3. The number of hydrogen-bond donors (Lipinski definition) is 0. The average molecular weight is 247 g/mol. The van der Waals surface area contributed by atoms with Gasteiger partial charge in [0.15, 0.2) is 0 Å². The minimum Gasteiger partial charge on any atom is -0.465 e. The van der Waals surface area contributed by atoms with E-state index in [9.17, 15) is 9.18 Å². The maximum atomic E-state index is 13.3. The highest BCUT2D eigenvalue weighted by atomic mass is 19.1. The minimum atomic E-state index is -0.745. The molecule has 18 heavy (non-hydrogen) atoms. The Balaban J connectivity index is 2.84. The van der Waals surface area contributed by atoms with Crippen LogP contribution in [0.4, 0.5) is 4.39 Å². The molecule has 0 saturated carbocycles. The van der Waals surface area contributed by atoms with E-state index in [4.69, 9.17) is 5.53 Å². The van der Waals surface area contributed by atoms with Crippen LogP contribution < -0.4 is 0 Å². The Morgan fingerprint density at radius 1 is 1.61 bits per heavy atom. The Labute approximate surface area is 103 Å². The summed E-state index contributed by atoms with van der Waals surface area (Å²) in [6.45, 7) is 0.272. The Kier molecular flexibility index (Phi) is 5.23. The van der Waals surface area contributed by atoms with E-state index in [-0.39, 0.29) is 12.1 Å². The molecule has 92 valence electrons. The zero-order chi connectivity index (χ0) is 13.4. The van der Waals surface area contributed by atoms with Crippen LogP contribution in [0.1, 0.15) is 22.3 Å². The van der Waals surface area contributed by atoms with Gasteiger partial charge in [0.05, 0.1) is 12.7 Å². The van der Waals surface area contributed by atoms with Crippen molar-refractivity contribution in [3.8, 4) is 11.8 Å². The number of methoxy groups -OCH3 is 1. The van der Waals surface area contributed by atoms with E-state index in [0.717, 1.165) is 6.07 Å². The van der Waals surface area contributed by atoms with Crippen LogP contribution in [0, 0.1) is 17.7 Å². The predicted octanol–water partition coefficient (Wildman–Crippen LogP) is 2.66. The molecule has 0 bridgehead atoms. The maximum absolute atomic E-state index is 13.3. The third-order valence-corrected chi connectivity index (χ3v) is 2.00. The zero-order valence-corrected chi connectivity index (χ0v) is 9.68. The lowest BCUT2D eigenvalue weighted by Crippen LogP contribution is -2.04. The van der Waals surface area contributed by atoms with Gasteiger partial charge in [-0.3, -0.25) is 0 Å². The first kappa shape index (κ1) is 13.6. The number of carbonyl (C=O) groups excluding carboxylic acids is 1. The van der Waals surface area contributed by atoms with Gasteiger partial charge in [-0.1, -0.05) is 17.0 Å². The van der Waals surface area contributed by atoms with Crippen molar-refractivity contribution in [1.82, 2.24) is 0 Å². The van der Waals surface area contributed by atoms with Gasteiger partial charge in [0, 0.05) is 23.4 Å². The van der Waals surface area contributed by atoms with Crippen LogP contribution in [0.15, 0.2) is 23.3 Å². The first-order valence-electron chi connectivity index (χ1n) is 5.06.